The summed E-state index contributed by atoms with van der Waals surface area (Å²) in [6, 6.07) is 10.9. The number of sulfonamides is 1. The lowest BCUT2D eigenvalue weighted by Gasteiger charge is -2.30. The summed E-state index contributed by atoms with van der Waals surface area (Å²) in [5.74, 6) is -0.498. The van der Waals surface area contributed by atoms with E-state index in [4.69, 9.17) is 34.8 Å². The summed E-state index contributed by atoms with van der Waals surface area (Å²) in [6.45, 7) is 1.90. The lowest BCUT2D eigenvalue weighted by atomic mass is 10.1. The molecule has 0 aromatic heterocycles. The van der Waals surface area contributed by atoms with Gasteiger partial charge >= 0.3 is 0 Å². The van der Waals surface area contributed by atoms with Crippen molar-refractivity contribution in [3.05, 3.63) is 63.1 Å². The quantitative estimate of drug-likeness (QED) is 0.367. The van der Waals surface area contributed by atoms with Crippen LogP contribution in [-0.2, 0) is 26.2 Å². The maximum absolute atomic E-state index is 13.4. The van der Waals surface area contributed by atoms with Crippen molar-refractivity contribution in [2.75, 3.05) is 17.1 Å². The van der Waals surface area contributed by atoms with Crippen molar-refractivity contribution in [3.63, 3.8) is 0 Å². The van der Waals surface area contributed by atoms with E-state index in [1.54, 1.807) is 49.4 Å². The molecule has 1 aliphatic rings. The molecule has 0 saturated heterocycles. The molecule has 0 bridgehead atoms. The number of carbonyl (C=O) groups excluding carboxylic acids is 2. The predicted octanol–water partition coefficient (Wildman–Crippen LogP) is 5.67. The van der Waals surface area contributed by atoms with Gasteiger partial charge in [-0.3, -0.25) is 13.9 Å². The largest absolute Gasteiger partial charge is 0.352 e. The van der Waals surface area contributed by atoms with Gasteiger partial charge in [0.25, 0.3) is 0 Å². The monoisotopic (exact) mass is 587 g/mol. The summed E-state index contributed by atoms with van der Waals surface area (Å²) in [5.41, 5.74) is 1.09. The van der Waals surface area contributed by atoms with Crippen LogP contribution in [0.1, 0.15) is 51.0 Å². The Hall–Kier alpha value is -2.00. The first kappa shape index (κ1) is 29.6. The third kappa shape index (κ3) is 8.50. The van der Waals surface area contributed by atoms with Gasteiger partial charge in [-0.2, -0.15) is 0 Å². The fraction of sp³-hybridized carbons (Fsp3) is 0.462. The molecule has 1 fully saturated rings. The maximum atomic E-state index is 13.4. The molecule has 2 aromatic rings. The van der Waals surface area contributed by atoms with Gasteiger partial charge in [0.2, 0.25) is 21.8 Å². The highest BCUT2D eigenvalue weighted by Crippen LogP contribution is 2.25. The van der Waals surface area contributed by atoms with E-state index in [0.29, 0.717) is 26.3 Å². The minimum absolute atomic E-state index is 0.0405. The Bertz CT molecular complexity index is 1220. The van der Waals surface area contributed by atoms with Gasteiger partial charge in [-0.05, 0) is 62.1 Å². The van der Waals surface area contributed by atoms with Crippen LogP contribution in [-0.4, -0.2) is 50.0 Å². The average Bonchev–Trinajstić information content (AvgIpc) is 3.33. The summed E-state index contributed by atoms with van der Waals surface area (Å²) in [5, 5.41) is 4.34. The van der Waals surface area contributed by atoms with Gasteiger partial charge in [0, 0.05) is 40.6 Å². The minimum atomic E-state index is -3.60. The fourth-order valence-corrected chi connectivity index (χ4v) is 6.05. The Morgan fingerprint density at radius 2 is 1.73 bits per heavy atom. The molecule has 1 atom stereocenters. The van der Waals surface area contributed by atoms with Crippen LogP contribution >= 0.6 is 34.8 Å². The molecule has 0 heterocycles. The maximum Gasteiger partial charge on any atom is 0.242 e. The summed E-state index contributed by atoms with van der Waals surface area (Å²) < 4.78 is 26.1. The number of halogens is 3. The lowest BCUT2D eigenvalue weighted by molar-refractivity contribution is -0.140. The number of hydrogen-bond acceptors (Lipinski definition) is 4. The van der Waals surface area contributed by atoms with Crippen molar-refractivity contribution in [2.24, 2.45) is 0 Å². The van der Waals surface area contributed by atoms with E-state index in [-0.39, 0.29) is 43.8 Å². The van der Waals surface area contributed by atoms with E-state index >= 15 is 0 Å². The number of amides is 2. The third-order valence-electron chi connectivity index (χ3n) is 6.47. The topological polar surface area (TPSA) is 86.8 Å². The van der Waals surface area contributed by atoms with E-state index in [1.165, 1.54) is 9.21 Å². The zero-order valence-electron chi connectivity index (χ0n) is 20.9. The van der Waals surface area contributed by atoms with Crippen molar-refractivity contribution >= 4 is 62.3 Å². The predicted molar refractivity (Wildman–Crippen MR) is 150 cm³/mol. The highest BCUT2D eigenvalue weighted by atomic mass is 35.5. The second-order valence-electron chi connectivity index (χ2n) is 9.34. The van der Waals surface area contributed by atoms with Crippen LogP contribution in [0.5, 0.6) is 0 Å². The van der Waals surface area contributed by atoms with E-state index < -0.39 is 16.1 Å². The summed E-state index contributed by atoms with van der Waals surface area (Å²) in [6.07, 6.45) is 5.41. The minimum Gasteiger partial charge on any atom is -0.352 e. The molecule has 1 N–H and O–H groups in total. The Balaban J connectivity index is 1.74. The molecule has 2 aromatic carbocycles. The normalized spacial score (nSPS) is 14.8. The zero-order chi connectivity index (χ0) is 27.2. The first-order valence-corrected chi connectivity index (χ1v) is 15.2. The Morgan fingerprint density at radius 1 is 1.05 bits per heavy atom. The van der Waals surface area contributed by atoms with Gasteiger partial charge in [0.15, 0.2) is 0 Å². The molecule has 0 aliphatic heterocycles. The number of nitrogens with one attached hydrogen (secondary N) is 1. The van der Waals surface area contributed by atoms with E-state index in [0.717, 1.165) is 31.9 Å². The van der Waals surface area contributed by atoms with Crippen LogP contribution < -0.4 is 9.62 Å². The van der Waals surface area contributed by atoms with Crippen molar-refractivity contribution in [1.29, 1.82) is 0 Å². The highest BCUT2D eigenvalue weighted by Gasteiger charge is 2.29. The van der Waals surface area contributed by atoms with Crippen LogP contribution in [0.25, 0.3) is 0 Å². The number of carbonyl (C=O) groups is 2. The van der Waals surface area contributed by atoms with Crippen LogP contribution in [0.2, 0.25) is 15.1 Å². The van der Waals surface area contributed by atoms with Crippen LogP contribution in [0.15, 0.2) is 42.5 Å². The van der Waals surface area contributed by atoms with Gasteiger partial charge in [-0.1, -0.05) is 59.8 Å². The Morgan fingerprint density at radius 3 is 2.35 bits per heavy atom. The van der Waals surface area contributed by atoms with Crippen LogP contribution in [0.4, 0.5) is 5.69 Å². The van der Waals surface area contributed by atoms with Crippen molar-refractivity contribution < 1.29 is 18.0 Å². The van der Waals surface area contributed by atoms with E-state index in [1.807, 2.05) is 0 Å². The molecule has 1 saturated carbocycles. The van der Waals surface area contributed by atoms with E-state index in [9.17, 15) is 18.0 Å². The molecule has 11 heteroatoms. The van der Waals surface area contributed by atoms with E-state index in [2.05, 4.69) is 5.32 Å². The second kappa shape index (κ2) is 13.2. The number of benzene rings is 2. The molecule has 1 aliphatic carbocycles. The Kier molecular flexibility index (Phi) is 10.5. The summed E-state index contributed by atoms with van der Waals surface area (Å²) in [7, 11) is -3.60. The van der Waals surface area contributed by atoms with Crippen LogP contribution in [0, 0.1) is 0 Å². The first-order valence-electron chi connectivity index (χ1n) is 12.2. The zero-order valence-corrected chi connectivity index (χ0v) is 24.0. The highest BCUT2D eigenvalue weighted by molar-refractivity contribution is 7.92. The van der Waals surface area contributed by atoms with Gasteiger partial charge in [-0.25, -0.2) is 8.42 Å². The van der Waals surface area contributed by atoms with Crippen molar-refractivity contribution in [2.45, 2.75) is 64.1 Å². The molecule has 7 nitrogen and oxygen atoms in total. The molecule has 37 heavy (non-hydrogen) atoms. The molecule has 202 valence electrons. The lowest BCUT2D eigenvalue weighted by Crippen LogP contribution is -2.49. The number of nitrogens with zero attached hydrogens (tertiary/aromatic N) is 2. The van der Waals surface area contributed by atoms with Gasteiger partial charge in [-0.15, -0.1) is 0 Å². The number of rotatable bonds is 11. The molecular weight excluding hydrogens is 557 g/mol. The number of hydrogen-bond donors (Lipinski definition) is 1. The standard InChI is InChI=1S/C26H32Cl3N3O4S/c1-18(26(34)30-22-8-3-4-9-22)31(17-19-12-13-21(28)16-24(19)29)25(33)11-6-14-32(37(2,35)36)23-10-5-7-20(27)15-23/h5,7,10,12-13,15-16,18,22H,3-4,6,8-9,11,14,17H2,1-2H3,(H,30,34)/t18-/m0/s1. The molecule has 0 unspecified atom stereocenters. The summed E-state index contributed by atoms with van der Waals surface area (Å²) >= 11 is 18.4. The molecular formula is C26H32Cl3N3O4S. The number of anilines is 1. The SMILES string of the molecule is C[C@@H](C(=O)NC1CCCC1)N(Cc1ccc(Cl)cc1Cl)C(=O)CCCN(c1cccc(Cl)c1)S(C)(=O)=O. The Labute approximate surface area is 234 Å². The smallest absolute Gasteiger partial charge is 0.242 e. The molecule has 0 spiro atoms. The van der Waals surface area contributed by atoms with Gasteiger partial charge in [0.1, 0.15) is 6.04 Å². The fourth-order valence-electron chi connectivity index (χ4n) is 4.44. The van der Waals surface area contributed by atoms with Gasteiger partial charge < -0.3 is 10.2 Å². The van der Waals surface area contributed by atoms with Gasteiger partial charge in [0.05, 0.1) is 11.9 Å². The second-order valence-corrected chi connectivity index (χ2v) is 12.5. The summed E-state index contributed by atoms with van der Waals surface area (Å²) in [4.78, 5) is 28.0. The van der Waals surface area contributed by atoms with Crippen LogP contribution in [0.3, 0.4) is 0 Å². The third-order valence-corrected chi connectivity index (χ3v) is 8.49. The van der Waals surface area contributed by atoms with Crippen molar-refractivity contribution in [1.82, 2.24) is 10.2 Å². The molecule has 3 rings (SSSR count). The first-order chi connectivity index (χ1) is 17.5. The van der Waals surface area contributed by atoms with Crippen molar-refractivity contribution in [3.8, 4) is 0 Å². The molecule has 2 amide bonds. The molecule has 0 radical (unpaired) electrons. The average molecular weight is 589 g/mol.